The molecule has 0 aliphatic heterocycles. The molecule has 0 heterocycles. The molecule has 0 spiro atoms. The summed E-state index contributed by atoms with van der Waals surface area (Å²) in [6.07, 6.45) is 0. The number of benzene rings is 1. The molecule has 1 unspecified atom stereocenters. The highest BCUT2D eigenvalue weighted by molar-refractivity contribution is 7.50. The third-order valence-corrected chi connectivity index (χ3v) is 3.15. The van der Waals surface area contributed by atoms with Crippen LogP contribution >= 0.6 is 8.58 Å². The second-order valence-corrected chi connectivity index (χ2v) is 4.27. The van der Waals surface area contributed by atoms with E-state index in [9.17, 15) is 0 Å². The first kappa shape index (κ1) is 10.2. The Morgan fingerprint density at radius 2 is 1.85 bits per heavy atom. The van der Waals surface area contributed by atoms with E-state index in [0.717, 1.165) is 14.2 Å². The van der Waals surface area contributed by atoms with E-state index in [1.807, 2.05) is 13.0 Å². The van der Waals surface area contributed by atoms with Crippen molar-refractivity contribution in [3.05, 3.63) is 53.9 Å². The third-order valence-electron chi connectivity index (χ3n) is 1.90. The van der Waals surface area contributed by atoms with Crippen molar-refractivity contribution in [3.63, 3.8) is 0 Å². The number of rotatable bonds is 3. The maximum absolute atomic E-state index is 3.90. The molecule has 1 heteroatoms. The van der Waals surface area contributed by atoms with Crippen LogP contribution in [0.15, 0.2) is 53.9 Å². The topological polar surface area (TPSA) is 0 Å². The van der Waals surface area contributed by atoms with Crippen LogP contribution in [-0.4, -0.2) is 0 Å². The lowest BCUT2D eigenvalue weighted by atomic mass is 10.2. The van der Waals surface area contributed by atoms with Crippen molar-refractivity contribution in [2.45, 2.75) is 13.8 Å². The first-order valence-electron chi connectivity index (χ1n) is 4.34. The minimum absolute atomic E-state index is 0.755. The summed E-state index contributed by atoms with van der Waals surface area (Å²) in [4.78, 5) is 0. The smallest absolute Gasteiger partial charge is 0.0232 e. The first-order chi connectivity index (χ1) is 6.20. The van der Waals surface area contributed by atoms with E-state index < -0.39 is 0 Å². The minimum atomic E-state index is 0.755. The van der Waals surface area contributed by atoms with Crippen molar-refractivity contribution in [2.24, 2.45) is 0 Å². The SMILES string of the molecule is C=C(C)/C(C)=C/Pc1ccccc1. The van der Waals surface area contributed by atoms with Crippen LogP contribution in [0.2, 0.25) is 0 Å². The molecule has 0 saturated heterocycles. The average molecular weight is 190 g/mol. The fourth-order valence-electron chi connectivity index (χ4n) is 0.849. The lowest BCUT2D eigenvalue weighted by Crippen LogP contribution is -1.89. The van der Waals surface area contributed by atoms with Crippen molar-refractivity contribution in [3.8, 4) is 0 Å². The maximum Gasteiger partial charge on any atom is -0.0232 e. The van der Waals surface area contributed by atoms with E-state index >= 15 is 0 Å². The number of hydrogen-bond acceptors (Lipinski definition) is 0. The summed E-state index contributed by atoms with van der Waals surface area (Å²) < 4.78 is 0. The van der Waals surface area contributed by atoms with Crippen molar-refractivity contribution < 1.29 is 0 Å². The van der Waals surface area contributed by atoms with Crippen molar-refractivity contribution in [1.29, 1.82) is 0 Å². The summed E-state index contributed by atoms with van der Waals surface area (Å²) in [5.74, 6) is 2.25. The average Bonchev–Trinajstić information content (AvgIpc) is 2.15. The standard InChI is InChI=1S/C12H15P/c1-10(2)11(3)9-13-12-7-5-4-6-8-12/h4-9,13H,1H2,2-3H3/b11-9+. The molecule has 0 saturated carbocycles. The van der Waals surface area contributed by atoms with Gasteiger partial charge in [0.25, 0.3) is 0 Å². The van der Waals surface area contributed by atoms with Crippen LogP contribution in [0.1, 0.15) is 13.8 Å². The largest absolute Gasteiger partial charge is 0.0958 e. The molecular formula is C12H15P. The molecule has 0 nitrogen and oxygen atoms in total. The van der Waals surface area contributed by atoms with Gasteiger partial charge in [0.05, 0.1) is 0 Å². The molecule has 68 valence electrons. The van der Waals surface area contributed by atoms with Gasteiger partial charge in [-0.1, -0.05) is 56.9 Å². The van der Waals surface area contributed by atoms with Gasteiger partial charge in [0.2, 0.25) is 0 Å². The summed E-state index contributed by atoms with van der Waals surface area (Å²) in [6.45, 7) is 8.06. The van der Waals surface area contributed by atoms with Crippen LogP contribution in [0.5, 0.6) is 0 Å². The molecule has 0 radical (unpaired) electrons. The molecule has 1 aromatic carbocycles. The van der Waals surface area contributed by atoms with E-state index in [2.05, 4.69) is 43.6 Å². The molecular weight excluding hydrogens is 175 g/mol. The summed E-state index contributed by atoms with van der Waals surface area (Å²) in [6, 6.07) is 10.5. The fraction of sp³-hybridized carbons (Fsp3) is 0.167. The van der Waals surface area contributed by atoms with Crippen LogP contribution in [0.25, 0.3) is 0 Å². The van der Waals surface area contributed by atoms with Crippen molar-refractivity contribution in [1.82, 2.24) is 0 Å². The molecule has 0 N–H and O–H groups in total. The van der Waals surface area contributed by atoms with Gasteiger partial charge >= 0.3 is 0 Å². The molecule has 0 bridgehead atoms. The Bertz CT molecular complexity index is 309. The Hall–Kier alpha value is -0.870. The van der Waals surface area contributed by atoms with Gasteiger partial charge < -0.3 is 0 Å². The molecule has 0 aromatic heterocycles. The zero-order valence-electron chi connectivity index (χ0n) is 8.17. The van der Waals surface area contributed by atoms with Gasteiger partial charge in [0, 0.05) is 0 Å². The molecule has 0 aliphatic carbocycles. The second kappa shape index (κ2) is 4.99. The monoisotopic (exact) mass is 190 g/mol. The lowest BCUT2D eigenvalue weighted by molar-refractivity contribution is 1.38. The van der Waals surface area contributed by atoms with E-state index in [0.29, 0.717) is 0 Å². The second-order valence-electron chi connectivity index (χ2n) is 3.12. The quantitative estimate of drug-likeness (QED) is 0.505. The predicted octanol–water partition coefficient (Wildman–Crippen LogP) is 3.47. The van der Waals surface area contributed by atoms with Crippen LogP contribution < -0.4 is 5.30 Å². The van der Waals surface area contributed by atoms with Crippen LogP contribution in [0, 0.1) is 0 Å². The first-order valence-corrected chi connectivity index (χ1v) is 5.42. The summed E-state index contributed by atoms with van der Waals surface area (Å²) >= 11 is 0. The van der Waals surface area contributed by atoms with Gasteiger partial charge in [-0.3, -0.25) is 0 Å². The molecule has 0 aliphatic rings. The Balaban J connectivity index is 2.62. The third kappa shape index (κ3) is 3.57. The Morgan fingerprint density at radius 1 is 1.23 bits per heavy atom. The van der Waals surface area contributed by atoms with E-state index in [1.54, 1.807) is 0 Å². The predicted molar refractivity (Wildman–Crippen MR) is 63.0 cm³/mol. The number of allylic oxidation sites excluding steroid dienone is 2. The Kier molecular flexibility index (Phi) is 3.92. The highest BCUT2D eigenvalue weighted by Gasteiger charge is 1.90. The van der Waals surface area contributed by atoms with Gasteiger partial charge in [0.15, 0.2) is 0 Å². The highest BCUT2D eigenvalue weighted by Crippen LogP contribution is 2.17. The van der Waals surface area contributed by atoms with Gasteiger partial charge in [0.1, 0.15) is 0 Å². The van der Waals surface area contributed by atoms with E-state index in [1.165, 1.54) is 10.9 Å². The Morgan fingerprint density at radius 3 is 2.38 bits per heavy atom. The van der Waals surface area contributed by atoms with Crippen LogP contribution in [0.3, 0.4) is 0 Å². The van der Waals surface area contributed by atoms with Gasteiger partial charge in [-0.15, -0.1) is 0 Å². The molecule has 13 heavy (non-hydrogen) atoms. The molecule has 1 atom stereocenters. The molecule has 1 rings (SSSR count). The van der Waals surface area contributed by atoms with Gasteiger partial charge in [-0.25, -0.2) is 0 Å². The highest BCUT2D eigenvalue weighted by atomic mass is 31.1. The Labute approximate surface area is 82.2 Å². The molecule has 0 fully saturated rings. The normalized spacial score (nSPS) is 12.3. The summed E-state index contributed by atoms with van der Waals surface area (Å²) in [5, 5.41) is 1.38. The van der Waals surface area contributed by atoms with E-state index in [4.69, 9.17) is 0 Å². The fourth-order valence-corrected chi connectivity index (χ4v) is 1.86. The lowest BCUT2D eigenvalue weighted by Gasteiger charge is -1.99. The molecule has 0 amide bonds. The van der Waals surface area contributed by atoms with Gasteiger partial charge in [-0.2, -0.15) is 0 Å². The summed E-state index contributed by atoms with van der Waals surface area (Å²) in [5.41, 5.74) is 2.45. The van der Waals surface area contributed by atoms with Crippen LogP contribution in [-0.2, 0) is 0 Å². The van der Waals surface area contributed by atoms with Crippen LogP contribution in [0.4, 0.5) is 0 Å². The minimum Gasteiger partial charge on any atom is -0.0958 e. The summed E-state index contributed by atoms with van der Waals surface area (Å²) in [7, 11) is 0.755. The maximum atomic E-state index is 3.90. The van der Waals surface area contributed by atoms with Crippen molar-refractivity contribution >= 4 is 13.9 Å². The molecule has 1 aromatic rings. The zero-order chi connectivity index (χ0) is 9.68. The zero-order valence-corrected chi connectivity index (χ0v) is 9.17. The van der Waals surface area contributed by atoms with E-state index in [-0.39, 0.29) is 0 Å². The van der Waals surface area contributed by atoms with Gasteiger partial charge in [-0.05, 0) is 24.7 Å². The van der Waals surface area contributed by atoms with Crippen molar-refractivity contribution in [2.75, 3.05) is 0 Å². The number of hydrogen-bond donors (Lipinski definition) is 0.